The minimum Gasteiger partial charge on any atom is -0.399 e. The maximum atomic E-state index is 13.3. The highest BCUT2D eigenvalue weighted by Crippen LogP contribution is 2.30. The highest BCUT2D eigenvalue weighted by atomic mass is 16.2. The third-order valence-electron chi connectivity index (χ3n) is 7.09. The van der Waals surface area contributed by atoms with Crippen LogP contribution in [0.3, 0.4) is 0 Å². The number of imide groups is 1. The van der Waals surface area contributed by atoms with Gasteiger partial charge in [-0.1, -0.05) is 30.3 Å². The molecule has 0 aromatic heterocycles. The number of hydrogen-bond donors (Lipinski definition) is 2. The number of fused-ring (bicyclic) bond motifs is 1. The van der Waals surface area contributed by atoms with Crippen LogP contribution in [-0.2, 0) is 33.9 Å². The van der Waals surface area contributed by atoms with Crippen LogP contribution in [0.2, 0.25) is 0 Å². The van der Waals surface area contributed by atoms with Crippen molar-refractivity contribution in [1.82, 2.24) is 20.0 Å². The molecule has 0 radical (unpaired) electrons. The number of rotatable bonds is 5. The largest absolute Gasteiger partial charge is 0.399 e. The number of nitrogen functional groups attached to an aromatic ring is 1. The molecule has 1 unspecified atom stereocenters. The fourth-order valence-electron chi connectivity index (χ4n) is 5.14. The molecule has 0 saturated carbocycles. The van der Waals surface area contributed by atoms with Crippen molar-refractivity contribution in [1.29, 1.82) is 0 Å². The van der Waals surface area contributed by atoms with Crippen molar-refractivity contribution in [3.8, 4) is 0 Å². The average molecular weight is 476 g/mol. The first-order valence-electron chi connectivity index (χ1n) is 12.0. The second-order valence-electron chi connectivity index (χ2n) is 9.43. The number of hydrogen-bond acceptors (Lipinski definition) is 6. The van der Waals surface area contributed by atoms with Gasteiger partial charge in [0.25, 0.3) is 5.91 Å². The lowest BCUT2D eigenvalue weighted by Gasteiger charge is -2.35. The molecule has 2 aromatic carbocycles. The van der Waals surface area contributed by atoms with Crippen molar-refractivity contribution in [2.24, 2.45) is 0 Å². The van der Waals surface area contributed by atoms with Gasteiger partial charge < -0.3 is 15.5 Å². The van der Waals surface area contributed by atoms with Crippen molar-refractivity contribution >= 4 is 29.3 Å². The number of anilines is 1. The fourth-order valence-corrected chi connectivity index (χ4v) is 5.14. The summed E-state index contributed by atoms with van der Waals surface area (Å²) in [6, 6.07) is 12.6. The lowest BCUT2D eigenvalue weighted by molar-refractivity contribution is -0.137. The van der Waals surface area contributed by atoms with Gasteiger partial charge in [-0.25, -0.2) is 0 Å². The van der Waals surface area contributed by atoms with Gasteiger partial charge in [0.15, 0.2) is 0 Å². The molecular weight excluding hydrogens is 446 g/mol. The molecule has 35 heavy (non-hydrogen) atoms. The Hall–Kier alpha value is -3.72. The zero-order chi connectivity index (χ0) is 24.5. The number of nitrogens with two attached hydrogens (primary N) is 1. The Bertz CT molecular complexity index is 1170. The highest BCUT2D eigenvalue weighted by Gasteiger charge is 2.40. The number of carbonyl (C=O) groups is 4. The molecule has 3 aliphatic rings. The first kappa shape index (κ1) is 23.0. The van der Waals surface area contributed by atoms with E-state index in [4.69, 9.17) is 5.73 Å². The van der Waals surface area contributed by atoms with E-state index in [2.05, 4.69) is 10.2 Å². The van der Waals surface area contributed by atoms with E-state index in [1.54, 1.807) is 4.90 Å². The van der Waals surface area contributed by atoms with Crippen LogP contribution in [0.15, 0.2) is 42.5 Å². The second kappa shape index (κ2) is 9.50. The fraction of sp³-hybridized carbons (Fsp3) is 0.385. The number of amides is 4. The van der Waals surface area contributed by atoms with Crippen molar-refractivity contribution in [3.63, 3.8) is 0 Å². The van der Waals surface area contributed by atoms with Crippen molar-refractivity contribution < 1.29 is 19.2 Å². The maximum absolute atomic E-state index is 13.3. The quantitative estimate of drug-likeness (QED) is 0.491. The van der Waals surface area contributed by atoms with Crippen LogP contribution in [0.5, 0.6) is 0 Å². The number of carbonyl (C=O) groups excluding carboxylic acids is 4. The smallest absolute Gasteiger partial charge is 0.255 e. The second-order valence-corrected chi connectivity index (χ2v) is 9.43. The summed E-state index contributed by atoms with van der Waals surface area (Å²) in [5.74, 6) is -0.738. The standard InChI is InChI=1S/C26H29N5O4/c27-20-6-4-17(5-7-20)14-23(33)30-12-10-29(11-13-30)15-18-2-1-3-19-16-31(26(35)24(18)19)21-8-9-22(32)28-25(21)34/h1-7,21H,8-16,27H2,(H,28,32,34). The van der Waals surface area contributed by atoms with Gasteiger partial charge in [-0.15, -0.1) is 0 Å². The van der Waals surface area contributed by atoms with Gasteiger partial charge in [0.2, 0.25) is 17.7 Å². The predicted octanol–water partition coefficient (Wildman–Crippen LogP) is 0.917. The summed E-state index contributed by atoms with van der Waals surface area (Å²) in [4.78, 5) is 55.6. The van der Waals surface area contributed by atoms with Crippen molar-refractivity contribution in [3.05, 3.63) is 64.7 Å². The first-order valence-corrected chi connectivity index (χ1v) is 12.0. The number of nitrogens with zero attached hydrogens (tertiary/aromatic N) is 3. The van der Waals surface area contributed by atoms with Crippen LogP contribution in [0.1, 0.15) is 39.9 Å². The van der Waals surface area contributed by atoms with E-state index in [-0.39, 0.29) is 24.1 Å². The molecule has 3 N–H and O–H groups in total. The first-order chi connectivity index (χ1) is 16.9. The molecule has 0 aliphatic carbocycles. The number of benzene rings is 2. The topological polar surface area (TPSA) is 116 Å². The molecule has 5 rings (SSSR count). The Labute approximate surface area is 203 Å². The van der Waals surface area contributed by atoms with E-state index in [1.807, 2.05) is 47.4 Å². The predicted molar refractivity (Wildman–Crippen MR) is 129 cm³/mol. The van der Waals surface area contributed by atoms with Gasteiger partial charge in [-0.05, 0) is 35.2 Å². The van der Waals surface area contributed by atoms with Gasteiger partial charge in [0, 0.05) is 56.9 Å². The Balaban J connectivity index is 1.20. The van der Waals surface area contributed by atoms with E-state index >= 15 is 0 Å². The zero-order valence-electron chi connectivity index (χ0n) is 19.5. The molecule has 182 valence electrons. The zero-order valence-corrected chi connectivity index (χ0v) is 19.5. The van der Waals surface area contributed by atoms with E-state index < -0.39 is 11.9 Å². The Morgan fingerprint density at radius 3 is 2.46 bits per heavy atom. The van der Waals surface area contributed by atoms with Crippen LogP contribution in [0, 0.1) is 0 Å². The monoisotopic (exact) mass is 475 g/mol. The van der Waals surface area contributed by atoms with E-state index in [0.717, 1.165) is 29.8 Å². The van der Waals surface area contributed by atoms with Crippen molar-refractivity contribution in [2.45, 2.75) is 38.4 Å². The number of piperazine rings is 1. The van der Waals surface area contributed by atoms with Gasteiger partial charge in [0.05, 0.1) is 6.42 Å². The Morgan fingerprint density at radius 1 is 1.00 bits per heavy atom. The summed E-state index contributed by atoms with van der Waals surface area (Å²) < 4.78 is 0. The van der Waals surface area contributed by atoms with Crippen LogP contribution >= 0.6 is 0 Å². The summed E-state index contributed by atoms with van der Waals surface area (Å²) >= 11 is 0. The summed E-state index contributed by atoms with van der Waals surface area (Å²) in [6.45, 7) is 3.71. The van der Waals surface area contributed by atoms with Gasteiger partial charge in [0.1, 0.15) is 6.04 Å². The SMILES string of the molecule is Nc1ccc(CC(=O)N2CCN(Cc3cccc4c3C(=O)N(C3CCC(=O)NC3=O)C4)CC2)cc1. The molecule has 1 atom stereocenters. The third kappa shape index (κ3) is 4.77. The highest BCUT2D eigenvalue weighted by molar-refractivity contribution is 6.06. The minimum absolute atomic E-state index is 0.102. The van der Waals surface area contributed by atoms with Crippen molar-refractivity contribution in [2.75, 3.05) is 31.9 Å². The van der Waals surface area contributed by atoms with Gasteiger partial charge in [-0.3, -0.25) is 29.4 Å². The lowest BCUT2D eigenvalue weighted by atomic mass is 10.0. The molecule has 9 heteroatoms. The molecule has 3 aliphatic heterocycles. The maximum Gasteiger partial charge on any atom is 0.255 e. The van der Waals surface area contributed by atoms with Crippen LogP contribution in [0.25, 0.3) is 0 Å². The molecule has 4 amide bonds. The van der Waals surface area contributed by atoms with E-state index in [9.17, 15) is 19.2 Å². The molecule has 9 nitrogen and oxygen atoms in total. The summed E-state index contributed by atoms with van der Waals surface area (Å²) in [6.07, 6.45) is 0.952. The van der Waals surface area contributed by atoms with Crippen LogP contribution < -0.4 is 11.1 Å². The number of piperidine rings is 1. The lowest BCUT2D eigenvalue weighted by Crippen LogP contribution is -2.52. The van der Waals surface area contributed by atoms with E-state index in [0.29, 0.717) is 50.3 Å². The van der Waals surface area contributed by atoms with Crippen LogP contribution in [-0.4, -0.2) is 70.5 Å². The van der Waals surface area contributed by atoms with Gasteiger partial charge in [-0.2, -0.15) is 0 Å². The Kier molecular flexibility index (Phi) is 6.25. The Morgan fingerprint density at radius 2 is 1.74 bits per heavy atom. The summed E-state index contributed by atoms with van der Waals surface area (Å²) in [5, 5.41) is 2.35. The molecular formula is C26H29N5O4. The average Bonchev–Trinajstić information content (AvgIpc) is 3.18. The van der Waals surface area contributed by atoms with Crippen LogP contribution in [0.4, 0.5) is 5.69 Å². The number of nitrogens with one attached hydrogen (secondary N) is 1. The normalized spacial score (nSPS) is 20.7. The summed E-state index contributed by atoms with van der Waals surface area (Å²) in [5.41, 5.74) is 9.87. The molecule has 0 spiro atoms. The molecule has 2 saturated heterocycles. The third-order valence-corrected chi connectivity index (χ3v) is 7.09. The summed E-state index contributed by atoms with van der Waals surface area (Å²) in [7, 11) is 0. The van der Waals surface area contributed by atoms with Gasteiger partial charge >= 0.3 is 0 Å². The van der Waals surface area contributed by atoms with E-state index in [1.165, 1.54) is 0 Å². The molecule has 2 fully saturated rings. The molecule has 0 bridgehead atoms. The molecule has 2 aromatic rings. The minimum atomic E-state index is -0.615. The molecule has 3 heterocycles.